The largest absolute Gasteiger partial charge is 0.393 e. The lowest BCUT2D eigenvalue weighted by molar-refractivity contribution is -0.120. The summed E-state index contributed by atoms with van der Waals surface area (Å²) in [5, 5.41) is 15.1. The minimum Gasteiger partial charge on any atom is -0.393 e. The molecule has 0 rings (SSSR count). The second kappa shape index (κ2) is 6.80. The van der Waals surface area contributed by atoms with Gasteiger partial charge in [0.2, 0.25) is 5.91 Å². The summed E-state index contributed by atoms with van der Waals surface area (Å²) < 4.78 is 0. The number of aliphatic hydroxyl groups is 1. The van der Waals surface area contributed by atoms with Crippen LogP contribution in [0.15, 0.2) is 0 Å². The lowest BCUT2D eigenvalue weighted by Gasteiger charge is -2.20. The van der Waals surface area contributed by atoms with Crippen molar-refractivity contribution >= 4 is 5.91 Å². The van der Waals surface area contributed by atoms with Crippen molar-refractivity contribution in [3.05, 3.63) is 0 Å². The van der Waals surface area contributed by atoms with Gasteiger partial charge >= 0.3 is 0 Å². The van der Waals surface area contributed by atoms with E-state index < -0.39 is 0 Å². The summed E-state index contributed by atoms with van der Waals surface area (Å²) in [7, 11) is 0. The maximum absolute atomic E-state index is 11.3. The van der Waals surface area contributed by atoms with Crippen LogP contribution in [0.25, 0.3) is 0 Å². The third-order valence-corrected chi connectivity index (χ3v) is 2.05. The van der Waals surface area contributed by atoms with Gasteiger partial charge in [0.15, 0.2) is 0 Å². The Balaban J connectivity index is 3.50. The van der Waals surface area contributed by atoms with Crippen molar-refractivity contribution in [2.45, 2.75) is 52.2 Å². The van der Waals surface area contributed by atoms with Gasteiger partial charge in [-0.1, -0.05) is 6.92 Å². The van der Waals surface area contributed by atoms with Crippen molar-refractivity contribution in [2.24, 2.45) is 0 Å². The highest BCUT2D eigenvalue weighted by Gasteiger charge is 2.11. The lowest BCUT2D eigenvalue weighted by atomic mass is 10.1. The topological polar surface area (TPSA) is 61.4 Å². The number of carbonyl (C=O) groups is 1. The lowest BCUT2D eigenvalue weighted by Crippen LogP contribution is -2.43. The molecule has 4 heteroatoms. The average molecular weight is 216 g/mol. The molecule has 1 unspecified atom stereocenters. The van der Waals surface area contributed by atoms with Crippen LogP contribution in [-0.4, -0.2) is 35.7 Å². The van der Waals surface area contributed by atoms with Crippen molar-refractivity contribution in [1.29, 1.82) is 0 Å². The molecule has 0 heterocycles. The summed E-state index contributed by atoms with van der Waals surface area (Å²) in [6.45, 7) is 8.84. The van der Waals surface area contributed by atoms with Crippen LogP contribution in [0, 0.1) is 0 Å². The van der Waals surface area contributed by atoms with Gasteiger partial charge in [-0.15, -0.1) is 0 Å². The van der Waals surface area contributed by atoms with Gasteiger partial charge in [0.1, 0.15) is 0 Å². The zero-order chi connectivity index (χ0) is 11.9. The molecule has 0 aliphatic rings. The monoisotopic (exact) mass is 216 g/mol. The average Bonchev–Trinajstić information content (AvgIpc) is 2.13. The summed E-state index contributed by atoms with van der Waals surface area (Å²) in [4.78, 5) is 11.3. The molecule has 3 N–H and O–H groups in total. The fourth-order valence-electron chi connectivity index (χ4n) is 0.990. The first-order valence-corrected chi connectivity index (χ1v) is 5.55. The van der Waals surface area contributed by atoms with Gasteiger partial charge in [-0.25, -0.2) is 0 Å². The van der Waals surface area contributed by atoms with E-state index in [1.165, 1.54) is 0 Å². The van der Waals surface area contributed by atoms with Crippen LogP contribution in [0.3, 0.4) is 0 Å². The van der Waals surface area contributed by atoms with E-state index in [2.05, 4.69) is 10.6 Å². The quantitative estimate of drug-likeness (QED) is 0.611. The van der Waals surface area contributed by atoms with E-state index in [4.69, 9.17) is 0 Å². The van der Waals surface area contributed by atoms with Crippen molar-refractivity contribution in [3.63, 3.8) is 0 Å². The summed E-state index contributed by atoms with van der Waals surface area (Å²) in [6, 6.07) is 0. The van der Waals surface area contributed by atoms with Crippen LogP contribution >= 0.6 is 0 Å². The highest BCUT2D eigenvalue weighted by molar-refractivity contribution is 5.78. The molecule has 15 heavy (non-hydrogen) atoms. The van der Waals surface area contributed by atoms with E-state index in [9.17, 15) is 9.90 Å². The predicted molar refractivity (Wildman–Crippen MR) is 61.7 cm³/mol. The van der Waals surface area contributed by atoms with Crippen LogP contribution in [0.1, 0.15) is 40.5 Å². The Hall–Kier alpha value is -0.610. The molecule has 0 bridgehead atoms. The Kier molecular flexibility index (Phi) is 6.52. The molecule has 1 atom stereocenters. The molecule has 4 nitrogen and oxygen atoms in total. The third-order valence-electron chi connectivity index (χ3n) is 2.05. The van der Waals surface area contributed by atoms with Gasteiger partial charge in [-0.05, 0) is 33.6 Å². The summed E-state index contributed by atoms with van der Waals surface area (Å²) >= 11 is 0. The molecule has 90 valence electrons. The Bertz CT molecular complexity index is 188. The molecule has 0 aromatic heterocycles. The maximum Gasteiger partial charge on any atom is 0.233 e. The first kappa shape index (κ1) is 14.4. The molecule has 0 aliphatic heterocycles. The third kappa shape index (κ3) is 9.69. The summed E-state index contributed by atoms with van der Waals surface area (Å²) in [5.41, 5.74) is -0.0414. The van der Waals surface area contributed by atoms with Gasteiger partial charge in [-0.3, -0.25) is 4.79 Å². The number of rotatable bonds is 6. The zero-order valence-corrected chi connectivity index (χ0v) is 10.3. The molecule has 0 aromatic carbocycles. The zero-order valence-electron chi connectivity index (χ0n) is 10.3. The highest BCUT2D eigenvalue weighted by atomic mass is 16.3. The van der Waals surface area contributed by atoms with Crippen molar-refractivity contribution in [1.82, 2.24) is 10.6 Å². The van der Waals surface area contributed by atoms with Crippen LogP contribution in [-0.2, 0) is 4.79 Å². The Labute approximate surface area is 92.4 Å². The van der Waals surface area contributed by atoms with Crippen molar-refractivity contribution in [3.8, 4) is 0 Å². The molecule has 0 spiro atoms. The fraction of sp³-hybridized carbons (Fsp3) is 0.909. The van der Waals surface area contributed by atoms with Crippen molar-refractivity contribution < 1.29 is 9.90 Å². The number of hydrogen-bond donors (Lipinski definition) is 3. The van der Waals surface area contributed by atoms with Crippen LogP contribution in [0.5, 0.6) is 0 Å². The second-order valence-corrected chi connectivity index (χ2v) is 4.80. The number of carbonyl (C=O) groups excluding carboxylic acids is 1. The molecule has 0 aromatic rings. The van der Waals surface area contributed by atoms with E-state index >= 15 is 0 Å². The first-order valence-electron chi connectivity index (χ1n) is 5.55. The molecule has 0 fully saturated rings. The number of amides is 1. The number of nitrogens with one attached hydrogen (secondary N) is 2. The summed E-state index contributed by atoms with van der Waals surface area (Å²) in [6.07, 6.45) is 1.05. The predicted octanol–water partition coefficient (Wildman–Crippen LogP) is 0.652. The smallest absolute Gasteiger partial charge is 0.233 e. The van der Waals surface area contributed by atoms with Gasteiger partial charge < -0.3 is 15.7 Å². The molecular formula is C11H24N2O2. The second-order valence-electron chi connectivity index (χ2n) is 4.80. The van der Waals surface area contributed by atoms with Gasteiger partial charge in [0, 0.05) is 12.1 Å². The normalized spacial score (nSPS) is 13.7. The van der Waals surface area contributed by atoms with Gasteiger partial charge in [0.05, 0.1) is 12.6 Å². The van der Waals surface area contributed by atoms with Crippen LogP contribution < -0.4 is 10.6 Å². The van der Waals surface area contributed by atoms with Gasteiger partial charge in [-0.2, -0.15) is 0 Å². The fourth-order valence-corrected chi connectivity index (χ4v) is 0.990. The van der Waals surface area contributed by atoms with Crippen LogP contribution in [0.2, 0.25) is 0 Å². The highest BCUT2D eigenvalue weighted by Crippen LogP contribution is 1.97. The number of hydrogen-bond acceptors (Lipinski definition) is 3. The molecule has 0 radical (unpaired) electrons. The van der Waals surface area contributed by atoms with E-state index in [1.807, 2.05) is 27.7 Å². The summed E-state index contributed by atoms with van der Waals surface area (Å²) in [5.74, 6) is -0.0202. The minimum atomic E-state index is -0.305. The Morgan fingerprint density at radius 1 is 1.40 bits per heavy atom. The van der Waals surface area contributed by atoms with E-state index in [-0.39, 0.29) is 17.6 Å². The number of aliphatic hydroxyl groups excluding tert-OH is 1. The molecule has 1 amide bonds. The van der Waals surface area contributed by atoms with Crippen molar-refractivity contribution in [2.75, 3.05) is 13.1 Å². The Morgan fingerprint density at radius 2 is 2.00 bits per heavy atom. The standard InChI is InChI=1S/C11H24N2O2/c1-5-9(14)6-7-12-10(15)8-13-11(2,3)4/h9,13-14H,5-8H2,1-4H3,(H,12,15). The molecule has 0 aliphatic carbocycles. The SMILES string of the molecule is CCC(O)CCNC(=O)CNC(C)(C)C. The van der Waals surface area contributed by atoms with E-state index in [0.717, 1.165) is 6.42 Å². The van der Waals surface area contributed by atoms with Crippen LogP contribution in [0.4, 0.5) is 0 Å². The van der Waals surface area contributed by atoms with E-state index in [1.54, 1.807) is 0 Å². The maximum atomic E-state index is 11.3. The molecule has 0 saturated heterocycles. The molecule has 0 saturated carbocycles. The molecular weight excluding hydrogens is 192 g/mol. The Morgan fingerprint density at radius 3 is 2.47 bits per heavy atom. The van der Waals surface area contributed by atoms with Gasteiger partial charge in [0.25, 0.3) is 0 Å². The first-order chi connectivity index (χ1) is 6.85. The van der Waals surface area contributed by atoms with E-state index in [0.29, 0.717) is 19.5 Å². The minimum absolute atomic E-state index is 0.0202.